The Hall–Kier alpha value is -2.86. The Balaban J connectivity index is 1.59. The largest absolute Gasteiger partial charge is 0.507 e. The number of fused-ring (bicyclic) bond motifs is 3. The van der Waals surface area contributed by atoms with Crippen LogP contribution in [0.25, 0.3) is 0 Å². The van der Waals surface area contributed by atoms with E-state index in [9.17, 15) is 35.1 Å². The summed E-state index contributed by atoms with van der Waals surface area (Å²) in [6.07, 6.45) is -7.72. The fourth-order valence-electron chi connectivity index (χ4n) is 5.36. The summed E-state index contributed by atoms with van der Waals surface area (Å²) in [5.41, 5.74) is -0.594. The summed E-state index contributed by atoms with van der Waals surface area (Å²) in [6.45, 7) is 3.07. The minimum atomic E-state index is -1.60. The summed E-state index contributed by atoms with van der Waals surface area (Å²) in [6, 6.07) is 5.97. The van der Waals surface area contributed by atoms with Crippen LogP contribution >= 0.6 is 0 Å². The molecule has 2 aromatic rings. The SMILES string of the molecule is COc1ccc2c(c1)C(=O)c1cc3c(c(O)c1C2=O)[C@@H](O[C@@H]1O[C@@H](C)[C@H](O)[C@@H](O)[C@@H]1O)C[C@](C)(O)C3. The molecule has 0 radical (unpaired) electrons. The third-order valence-corrected chi connectivity index (χ3v) is 7.24. The van der Waals surface area contributed by atoms with Gasteiger partial charge in [0, 0.05) is 35.1 Å². The number of aliphatic hydroxyl groups is 4. The van der Waals surface area contributed by atoms with Crippen LogP contribution < -0.4 is 4.74 Å². The molecule has 1 fully saturated rings. The fourth-order valence-corrected chi connectivity index (χ4v) is 5.36. The lowest BCUT2D eigenvalue weighted by Gasteiger charge is -2.43. The molecule has 7 atom stereocenters. The molecule has 0 aromatic heterocycles. The second kappa shape index (κ2) is 8.62. The number of aliphatic hydroxyl groups excluding tert-OH is 3. The van der Waals surface area contributed by atoms with Gasteiger partial charge in [0.1, 0.15) is 29.8 Å². The van der Waals surface area contributed by atoms with Crippen molar-refractivity contribution < 1.29 is 49.3 Å². The molecule has 0 amide bonds. The van der Waals surface area contributed by atoms with Crippen molar-refractivity contribution in [2.45, 2.75) is 69.1 Å². The normalized spacial score (nSPS) is 33.5. The van der Waals surface area contributed by atoms with Crippen molar-refractivity contribution in [2.24, 2.45) is 0 Å². The predicted octanol–water partition coefficient (Wildman–Crippen LogP) is 0.759. The van der Waals surface area contributed by atoms with Crippen molar-refractivity contribution in [3.05, 3.63) is 57.6 Å². The first-order valence-corrected chi connectivity index (χ1v) is 11.7. The van der Waals surface area contributed by atoms with Gasteiger partial charge in [0.2, 0.25) is 0 Å². The molecule has 0 saturated carbocycles. The molecule has 10 heteroatoms. The number of carbonyl (C=O) groups is 2. The van der Waals surface area contributed by atoms with Crippen LogP contribution in [0.15, 0.2) is 24.3 Å². The molecule has 3 aliphatic rings. The van der Waals surface area contributed by atoms with Crippen molar-refractivity contribution in [2.75, 3.05) is 7.11 Å². The highest BCUT2D eigenvalue weighted by Crippen LogP contribution is 2.48. The Morgan fingerprint density at radius 3 is 2.42 bits per heavy atom. The zero-order chi connectivity index (χ0) is 26.1. The van der Waals surface area contributed by atoms with Gasteiger partial charge in [-0.1, -0.05) is 0 Å². The van der Waals surface area contributed by atoms with E-state index in [1.807, 2.05) is 0 Å². The third-order valence-electron chi connectivity index (χ3n) is 7.24. The molecule has 0 spiro atoms. The Bertz CT molecular complexity index is 1250. The Kier molecular flexibility index (Phi) is 5.94. The minimum absolute atomic E-state index is 0.00886. The number of rotatable bonds is 3. The van der Waals surface area contributed by atoms with Crippen LogP contribution in [-0.4, -0.2) is 80.5 Å². The molecule has 0 unspecified atom stereocenters. The molecule has 5 N–H and O–H groups in total. The first kappa shape index (κ1) is 24.8. The van der Waals surface area contributed by atoms with Gasteiger partial charge in [0.15, 0.2) is 17.9 Å². The maximum absolute atomic E-state index is 13.4. The van der Waals surface area contributed by atoms with Gasteiger partial charge in [-0.25, -0.2) is 0 Å². The van der Waals surface area contributed by atoms with E-state index in [1.165, 1.54) is 32.2 Å². The first-order valence-electron chi connectivity index (χ1n) is 11.7. The molecule has 36 heavy (non-hydrogen) atoms. The molecular weight excluding hydrogens is 472 g/mol. The van der Waals surface area contributed by atoms with Gasteiger partial charge >= 0.3 is 0 Å². The molecule has 1 aliphatic heterocycles. The lowest BCUT2D eigenvalue weighted by molar-refractivity contribution is -0.308. The first-order chi connectivity index (χ1) is 16.9. The van der Waals surface area contributed by atoms with Gasteiger partial charge in [0.05, 0.1) is 30.5 Å². The summed E-state index contributed by atoms with van der Waals surface area (Å²) in [7, 11) is 1.45. The second-order valence-electron chi connectivity index (χ2n) is 9.97. The molecule has 5 rings (SSSR count). The fraction of sp³-hybridized carbons (Fsp3) is 0.462. The summed E-state index contributed by atoms with van der Waals surface area (Å²) in [5.74, 6) is -1.04. The van der Waals surface area contributed by atoms with Crippen LogP contribution in [0.4, 0.5) is 0 Å². The van der Waals surface area contributed by atoms with Gasteiger partial charge in [-0.05, 0) is 43.7 Å². The lowest BCUT2D eigenvalue weighted by Crippen LogP contribution is -2.57. The molecule has 1 heterocycles. The quantitative estimate of drug-likeness (QED) is 0.347. The Morgan fingerprint density at radius 1 is 1.00 bits per heavy atom. The van der Waals surface area contributed by atoms with E-state index >= 15 is 0 Å². The maximum Gasteiger partial charge on any atom is 0.198 e. The van der Waals surface area contributed by atoms with Crippen LogP contribution in [0.2, 0.25) is 0 Å². The molecule has 10 nitrogen and oxygen atoms in total. The van der Waals surface area contributed by atoms with Crippen LogP contribution in [0, 0.1) is 0 Å². The molecule has 2 aliphatic carbocycles. The topological polar surface area (TPSA) is 163 Å². The van der Waals surface area contributed by atoms with E-state index in [4.69, 9.17) is 14.2 Å². The highest BCUT2D eigenvalue weighted by atomic mass is 16.7. The van der Waals surface area contributed by atoms with Crippen molar-refractivity contribution in [3.8, 4) is 11.5 Å². The van der Waals surface area contributed by atoms with Gasteiger partial charge in [-0.15, -0.1) is 0 Å². The molecule has 192 valence electrons. The number of ketones is 2. The minimum Gasteiger partial charge on any atom is -0.507 e. The molecule has 0 bridgehead atoms. The van der Waals surface area contributed by atoms with Crippen LogP contribution in [0.1, 0.15) is 69.3 Å². The Morgan fingerprint density at radius 2 is 1.72 bits per heavy atom. The summed E-state index contributed by atoms with van der Waals surface area (Å²) in [5, 5.41) is 52.9. The summed E-state index contributed by atoms with van der Waals surface area (Å²) < 4.78 is 16.7. The van der Waals surface area contributed by atoms with Gasteiger partial charge < -0.3 is 39.7 Å². The Labute approximate surface area is 206 Å². The standard InChI is InChI=1S/C26H28O10/c1-10-19(27)23(31)24(32)25(35-10)36-16-9-26(2,33)8-11-6-15-18(22(30)17(11)16)21(29)13-5-4-12(34-3)7-14(13)20(15)28/h4-7,10,16,19,23-25,27,30-33H,8-9H2,1-3H3/t10-,16-,19-,23+,24-,25-,26+/m0/s1. The van der Waals surface area contributed by atoms with Crippen molar-refractivity contribution in [3.63, 3.8) is 0 Å². The van der Waals surface area contributed by atoms with Crippen molar-refractivity contribution >= 4 is 11.6 Å². The van der Waals surface area contributed by atoms with E-state index < -0.39 is 59.7 Å². The van der Waals surface area contributed by atoms with Gasteiger partial charge in [-0.2, -0.15) is 0 Å². The van der Waals surface area contributed by atoms with Crippen molar-refractivity contribution in [1.82, 2.24) is 0 Å². The number of hydrogen-bond donors (Lipinski definition) is 5. The number of phenolic OH excluding ortho intramolecular Hbond substituents is 1. The van der Waals surface area contributed by atoms with Gasteiger partial charge in [-0.3, -0.25) is 9.59 Å². The average molecular weight is 501 g/mol. The number of aromatic hydroxyl groups is 1. The number of phenols is 1. The van der Waals surface area contributed by atoms with Crippen LogP contribution in [0.3, 0.4) is 0 Å². The van der Waals surface area contributed by atoms with E-state index in [0.29, 0.717) is 11.3 Å². The number of hydrogen-bond acceptors (Lipinski definition) is 10. The maximum atomic E-state index is 13.4. The van der Waals surface area contributed by atoms with Crippen LogP contribution in [-0.2, 0) is 15.9 Å². The predicted molar refractivity (Wildman–Crippen MR) is 123 cm³/mol. The smallest absolute Gasteiger partial charge is 0.198 e. The summed E-state index contributed by atoms with van der Waals surface area (Å²) >= 11 is 0. The number of carbonyl (C=O) groups excluding carboxylic acids is 2. The van der Waals surface area contributed by atoms with Gasteiger partial charge in [0.25, 0.3) is 0 Å². The zero-order valence-corrected chi connectivity index (χ0v) is 20.0. The molecular formula is C26H28O10. The zero-order valence-electron chi connectivity index (χ0n) is 20.0. The number of benzene rings is 2. The van der Waals surface area contributed by atoms with Crippen molar-refractivity contribution in [1.29, 1.82) is 0 Å². The van der Waals surface area contributed by atoms with E-state index in [-0.39, 0.29) is 40.7 Å². The molecule has 1 saturated heterocycles. The average Bonchev–Trinajstić information content (AvgIpc) is 2.83. The highest BCUT2D eigenvalue weighted by Gasteiger charge is 2.47. The number of methoxy groups -OCH3 is 1. The second-order valence-corrected chi connectivity index (χ2v) is 9.97. The van der Waals surface area contributed by atoms with E-state index in [2.05, 4.69) is 0 Å². The lowest BCUT2D eigenvalue weighted by atomic mass is 9.74. The third kappa shape index (κ3) is 3.81. The number of ether oxygens (including phenoxy) is 3. The monoisotopic (exact) mass is 500 g/mol. The van der Waals surface area contributed by atoms with E-state index in [1.54, 1.807) is 13.0 Å². The van der Waals surface area contributed by atoms with E-state index in [0.717, 1.165) is 0 Å². The highest BCUT2D eigenvalue weighted by molar-refractivity contribution is 6.29. The molecule has 2 aromatic carbocycles. The van der Waals surface area contributed by atoms with Crippen LogP contribution in [0.5, 0.6) is 11.5 Å². The summed E-state index contributed by atoms with van der Waals surface area (Å²) in [4.78, 5) is 26.7.